The minimum absolute atomic E-state index is 0.128. The second kappa shape index (κ2) is 8.51. The largest absolute Gasteiger partial charge is 0.481 e. The second-order valence-electron chi connectivity index (χ2n) is 6.21. The molecule has 2 aromatic heterocycles. The molecule has 0 aliphatic carbocycles. The highest BCUT2D eigenvalue weighted by molar-refractivity contribution is 8.18. The van der Waals surface area contributed by atoms with E-state index in [1.54, 1.807) is 6.08 Å². The number of benzene rings is 1. The number of nitrogens with one attached hydrogen (secondary N) is 3. The number of carbonyl (C=O) groups excluding carboxylic acids is 2. The van der Waals surface area contributed by atoms with E-state index in [4.69, 9.17) is 5.11 Å². The third kappa shape index (κ3) is 4.58. The van der Waals surface area contributed by atoms with E-state index in [0.717, 1.165) is 16.6 Å². The molecule has 0 spiro atoms. The molecule has 1 saturated heterocycles. The first kappa shape index (κ1) is 19.9. The molecule has 0 saturated carbocycles. The number of thioether (sulfide) groups is 1. The summed E-state index contributed by atoms with van der Waals surface area (Å²) in [6.07, 6.45) is 4.66. The number of carboxylic acid groups (broad SMARTS) is 1. The summed E-state index contributed by atoms with van der Waals surface area (Å²) in [5.41, 5.74) is 1.62. The van der Waals surface area contributed by atoms with Crippen molar-refractivity contribution in [2.75, 3.05) is 5.32 Å². The smallest absolute Gasteiger partial charge is 0.303 e. The number of amides is 2. The van der Waals surface area contributed by atoms with Crippen LogP contribution in [0.3, 0.4) is 0 Å². The number of amidine groups is 1. The number of para-hydroxylation sites is 1. The Hall–Kier alpha value is -3.44. The van der Waals surface area contributed by atoms with Gasteiger partial charge in [0.1, 0.15) is 0 Å². The van der Waals surface area contributed by atoms with Crippen molar-refractivity contribution in [1.29, 1.82) is 0 Å². The highest BCUT2D eigenvalue weighted by atomic mass is 32.2. The number of aromatic amines is 1. The summed E-state index contributed by atoms with van der Waals surface area (Å²) in [6, 6.07) is 7.69. The van der Waals surface area contributed by atoms with Crippen molar-refractivity contribution >= 4 is 73.8 Å². The first-order chi connectivity index (χ1) is 14.5. The Morgan fingerprint density at radius 2 is 2.13 bits per heavy atom. The van der Waals surface area contributed by atoms with E-state index in [1.165, 1.54) is 29.3 Å². The van der Waals surface area contributed by atoms with E-state index in [1.807, 2.05) is 30.5 Å². The zero-order valence-electron chi connectivity index (χ0n) is 15.3. The second-order valence-corrected chi connectivity index (χ2v) is 8.30. The molecule has 0 bridgehead atoms. The number of H-pyrrole nitrogens is 1. The molecule has 4 N–H and O–H groups in total. The van der Waals surface area contributed by atoms with Gasteiger partial charge in [-0.1, -0.05) is 23.5 Å². The maximum Gasteiger partial charge on any atom is 0.303 e. The predicted octanol–water partition coefficient (Wildman–Crippen LogP) is 3.32. The van der Waals surface area contributed by atoms with E-state index < -0.39 is 11.9 Å². The van der Waals surface area contributed by atoms with Crippen molar-refractivity contribution in [3.05, 3.63) is 46.4 Å². The quantitative estimate of drug-likeness (QED) is 0.433. The monoisotopic (exact) mass is 441 g/mol. The molecule has 3 heterocycles. The van der Waals surface area contributed by atoms with Crippen LogP contribution in [-0.2, 0) is 14.4 Å². The fourth-order valence-corrected chi connectivity index (χ4v) is 4.37. The molecule has 0 atom stereocenters. The van der Waals surface area contributed by atoms with Crippen LogP contribution >= 0.6 is 23.1 Å². The molecule has 30 heavy (non-hydrogen) atoms. The van der Waals surface area contributed by atoms with E-state index in [0.29, 0.717) is 20.1 Å². The lowest BCUT2D eigenvalue weighted by atomic mass is 10.2. The van der Waals surface area contributed by atoms with Crippen molar-refractivity contribution in [1.82, 2.24) is 15.3 Å². The summed E-state index contributed by atoms with van der Waals surface area (Å²) in [5, 5.41) is 15.8. The number of carboxylic acids is 1. The van der Waals surface area contributed by atoms with E-state index in [9.17, 15) is 14.4 Å². The maximum atomic E-state index is 12.3. The molecule has 1 fully saturated rings. The molecule has 152 valence electrons. The van der Waals surface area contributed by atoms with Gasteiger partial charge in [0, 0.05) is 24.2 Å². The topological polar surface area (TPSA) is 137 Å². The normalized spacial score (nSPS) is 16.3. The maximum absolute atomic E-state index is 12.3. The minimum Gasteiger partial charge on any atom is -0.481 e. The van der Waals surface area contributed by atoms with Gasteiger partial charge in [-0.3, -0.25) is 14.4 Å². The Labute approximate surface area is 178 Å². The fourth-order valence-electron chi connectivity index (χ4n) is 2.69. The third-order valence-electron chi connectivity index (χ3n) is 4.05. The van der Waals surface area contributed by atoms with Crippen LogP contribution in [0.15, 0.2) is 46.6 Å². The fraction of sp³-hybridized carbons (Fsp3) is 0.105. The van der Waals surface area contributed by atoms with Crippen LogP contribution in [0.2, 0.25) is 0 Å². The predicted molar refractivity (Wildman–Crippen MR) is 117 cm³/mol. The molecule has 0 unspecified atom stereocenters. The highest BCUT2D eigenvalue weighted by Crippen LogP contribution is 2.32. The lowest BCUT2D eigenvalue weighted by Gasteiger charge is -1.98. The first-order valence-corrected chi connectivity index (χ1v) is 10.4. The number of hydrogen-bond acceptors (Lipinski definition) is 7. The number of anilines is 1. The molecule has 3 aromatic rings. The molecular weight excluding hydrogens is 426 g/mol. The molecular formula is C19H15N5O4S2. The molecule has 2 amide bonds. The zero-order valence-corrected chi connectivity index (χ0v) is 17.0. The Kier molecular flexibility index (Phi) is 5.63. The Morgan fingerprint density at radius 1 is 1.27 bits per heavy atom. The summed E-state index contributed by atoms with van der Waals surface area (Å²) >= 11 is 2.40. The standard InChI is InChI=1S/C19H15N5O4S2/c25-14(4-5-15(26)27)23-18-21-9-11(29-18)8-13-17(28)24-19(30-13)22-12-3-1-2-10-6-7-20-16(10)12/h1-3,6-9,20H,4-5H2,(H,26,27)(H,21,23,25)(H,22,24,28)/b13-8-. The number of nitrogens with zero attached hydrogens (tertiary/aromatic N) is 2. The van der Waals surface area contributed by atoms with Crippen LogP contribution < -0.4 is 10.6 Å². The van der Waals surface area contributed by atoms with Crippen LogP contribution in [0.25, 0.3) is 17.0 Å². The van der Waals surface area contributed by atoms with Crippen LogP contribution in [-0.4, -0.2) is 38.0 Å². The Bertz CT molecular complexity index is 1210. The lowest BCUT2D eigenvalue weighted by Crippen LogP contribution is -2.19. The van der Waals surface area contributed by atoms with Crippen LogP contribution in [0.1, 0.15) is 17.7 Å². The Morgan fingerprint density at radius 3 is 2.97 bits per heavy atom. The zero-order chi connectivity index (χ0) is 21.1. The molecule has 11 heteroatoms. The number of carbonyl (C=O) groups is 3. The number of thiazole rings is 1. The lowest BCUT2D eigenvalue weighted by molar-refractivity contribution is -0.138. The van der Waals surface area contributed by atoms with E-state index in [-0.39, 0.29) is 18.7 Å². The van der Waals surface area contributed by atoms with E-state index in [2.05, 4.69) is 25.6 Å². The van der Waals surface area contributed by atoms with Gasteiger partial charge >= 0.3 is 5.97 Å². The van der Waals surface area contributed by atoms with E-state index >= 15 is 0 Å². The van der Waals surface area contributed by atoms with Gasteiger partial charge < -0.3 is 20.7 Å². The van der Waals surface area contributed by atoms with Gasteiger partial charge in [-0.2, -0.15) is 0 Å². The van der Waals surface area contributed by atoms with Gasteiger partial charge in [-0.25, -0.2) is 9.98 Å². The van der Waals surface area contributed by atoms with Gasteiger partial charge in [0.05, 0.1) is 27.4 Å². The Balaban J connectivity index is 1.46. The van der Waals surface area contributed by atoms with Crippen LogP contribution in [0, 0.1) is 0 Å². The van der Waals surface area contributed by atoms with Gasteiger partial charge in [-0.05, 0) is 30.0 Å². The summed E-state index contributed by atoms with van der Waals surface area (Å²) in [6.45, 7) is 0. The van der Waals surface area contributed by atoms with Gasteiger partial charge in [-0.15, -0.1) is 0 Å². The van der Waals surface area contributed by atoms with Gasteiger partial charge in [0.15, 0.2) is 10.3 Å². The number of aliphatic imine (C=N–C) groups is 1. The number of hydrogen-bond donors (Lipinski definition) is 4. The van der Waals surface area contributed by atoms with Crippen LogP contribution in [0.5, 0.6) is 0 Å². The number of rotatable bonds is 6. The van der Waals surface area contributed by atoms with Crippen molar-refractivity contribution in [3.63, 3.8) is 0 Å². The summed E-state index contributed by atoms with van der Waals surface area (Å²) < 4.78 is 0. The summed E-state index contributed by atoms with van der Waals surface area (Å²) in [5.74, 6) is -1.73. The highest BCUT2D eigenvalue weighted by Gasteiger charge is 2.24. The molecule has 0 radical (unpaired) electrons. The SMILES string of the molecule is O=C(O)CCC(=O)Nc1ncc(/C=C2\SC(=Nc3cccc4cc[nH]c34)NC2=O)s1. The van der Waals surface area contributed by atoms with Gasteiger partial charge in [0.2, 0.25) is 5.91 Å². The van der Waals surface area contributed by atoms with Crippen molar-refractivity contribution < 1.29 is 19.5 Å². The first-order valence-electron chi connectivity index (χ1n) is 8.81. The average Bonchev–Trinajstić information content (AvgIpc) is 3.42. The third-order valence-corrected chi connectivity index (χ3v) is 5.82. The number of fused-ring (bicyclic) bond motifs is 1. The summed E-state index contributed by atoms with van der Waals surface area (Å²) in [4.78, 5) is 47.4. The summed E-state index contributed by atoms with van der Waals surface area (Å²) in [7, 11) is 0. The molecule has 9 nitrogen and oxygen atoms in total. The number of aliphatic carboxylic acids is 1. The molecule has 1 aromatic carbocycles. The van der Waals surface area contributed by atoms with Crippen molar-refractivity contribution in [3.8, 4) is 0 Å². The number of aromatic nitrogens is 2. The molecule has 1 aliphatic rings. The molecule has 4 rings (SSSR count). The van der Waals surface area contributed by atoms with Crippen molar-refractivity contribution in [2.24, 2.45) is 4.99 Å². The average molecular weight is 441 g/mol. The van der Waals surface area contributed by atoms with Gasteiger partial charge in [0.25, 0.3) is 5.91 Å². The van der Waals surface area contributed by atoms with Crippen molar-refractivity contribution in [2.45, 2.75) is 12.8 Å². The molecule has 1 aliphatic heterocycles. The van der Waals surface area contributed by atoms with Crippen LogP contribution in [0.4, 0.5) is 10.8 Å². The minimum atomic E-state index is -1.04.